The molecule has 0 unspecified atom stereocenters. The third-order valence-corrected chi connectivity index (χ3v) is 11.5. The van der Waals surface area contributed by atoms with Crippen molar-refractivity contribution in [3.05, 3.63) is 194 Å². The summed E-state index contributed by atoms with van der Waals surface area (Å²) in [6, 6.07) is 56.5. The number of nitrogens with zero attached hydrogens (tertiary/aromatic N) is 4. The molecule has 0 N–H and O–H groups in total. The minimum absolute atomic E-state index is 0.0684. The molecule has 3 aromatic heterocycles. The highest BCUT2D eigenvalue weighted by atomic mass is 32.1. The Hall–Kier alpha value is -7.21. The molecule has 0 saturated heterocycles. The normalized spacial score (nSPS) is 12.6. The lowest BCUT2D eigenvalue weighted by molar-refractivity contribution is 1.07. The van der Waals surface area contributed by atoms with Gasteiger partial charge in [0.2, 0.25) is 0 Å². The van der Waals surface area contributed by atoms with E-state index in [2.05, 4.69) is 78.9 Å². The van der Waals surface area contributed by atoms with Crippen LogP contribution >= 0.6 is 11.3 Å². The maximum atomic E-state index is 9.14. The Kier molecular flexibility index (Phi) is 6.70. The maximum Gasteiger partial charge on any atom is 0.164 e. The largest absolute Gasteiger partial charge is 0.309 e. The van der Waals surface area contributed by atoms with Crippen molar-refractivity contribution in [2.24, 2.45) is 0 Å². The molecular weight excluding hydrogens is 701 g/mol. The predicted molar refractivity (Wildman–Crippen MR) is 234 cm³/mol. The van der Waals surface area contributed by atoms with Gasteiger partial charge in [0.1, 0.15) is 0 Å². The fraction of sp³-hybridized carbons (Fsp3) is 0. The summed E-state index contributed by atoms with van der Waals surface area (Å²) in [5.74, 6) is 1.67. The molecule has 5 heteroatoms. The Balaban J connectivity index is 1.07. The summed E-state index contributed by atoms with van der Waals surface area (Å²) in [4.78, 5) is 15.2. The van der Waals surface area contributed by atoms with Gasteiger partial charge in [-0.05, 0) is 82.9 Å². The van der Waals surface area contributed by atoms with E-state index in [-0.39, 0.29) is 24.2 Å². The van der Waals surface area contributed by atoms with Gasteiger partial charge in [-0.1, -0.05) is 133 Å². The lowest BCUT2D eigenvalue weighted by atomic mass is 9.98. The standard InChI is InChI=1S/C51H32N4S/c1-3-13-33(14-4-1)36-17-11-18-37(31-36)38-27-30-45-43(32-38)40-19-7-9-22-44(40)55(45)39-28-25-35(26-29-39)50-52-49(34-15-5-2-6-16-34)53-51(54-50)42-21-12-24-47-48(42)41-20-8-10-23-46(41)56-47/h1-32H/i7D,9D,19D,22D. The molecule has 0 fully saturated rings. The zero-order chi connectivity index (χ0) is 40.5. The molecule has 0 aliphatic carbocycles. The molecule has 0 radical (unpaired) electrons. The summed E-state index contributed by atoms with van der Waals surface area (Å²) in [5, 5.41) is 3.50. The Morgan fingerprint density at radius 2 is 1.00 bits per heavy atom. The van der Waals surface area contributed by atoms with E-state index in [9.17, 15) is 0 Å². The van der Waals surface area contributed by atoms with Gasteiger partial charge in [0.15, 0.2) is 17.5 Å². The average Bonchev–Trinajstić information content (AvgIpc) is 3.87. The Morgan fingerprint density at radius 3 is 1.80 bits per heavy atom. The molecule has 11 aromatic rings. The number of aromatic nitrogens is 4. The van der Waals surface area contributed by atoms with E-state index in [1.807, 2.05) is 95.6 Å². The summed E-state index contributed by atoms with van der Waals surface area (Å²) in [5.41, 5.74) is 8.72. The fourth-order valence-corrected chi connectivity index (χ4v) is 8.87. The number of hydrogen-bond acceptors (Lipinski definition) is 4. The van der Waals surface area contributed by atoms with Crippen LogP contribution in [0.4, 0.5) is 0 Å². The van der Waals surface area contributed by atoms with Crippen LogP contribution in [0.1, 0.15) is 5.48 Å². The SMILES string of the molecule is [2H]c1c([2H])c([2H])c2c(c1[2H])c1cc(-c3cccc(-c4ccccc4)c3)ccc1n2-c1ccc(-c2nc(-c3ccccc3)nc(-c3cccc4sc5ccccc5c34)n2)cc1. The van der Waals surface area contributed by atoms with Gasteiger partial charge in [-0.3, -0.25) is 0 Å². The first-order valence-corrected chi connectivity index (χ1v) is 19.3. The molecule has 56 heavy (non-hydrogen) atoms. The minimum atomic E-state index is -0.275. The Morgan fingerprint density at radius 1 is 0.411 bits per heavy atom. The number of fused-ring (bicyclic) bond motifs is 6. The molecule has 0 aliphatic rings. The van der Waals surface area contributed by atoms with Crippen molar-refractivity contribution < 1.29 is 5.48 Å². The van der Waals surface area contributed by atoms with Crippen LogP contribution in [0, 0.1) is 0 Å². The molecule has 262 valence electrons. The quantitative estimate of drug-likeness (QED) is 0.171. The molecule has 0 atom stereocenters. The van der Waals surface area contributed by atoms with Crippen molar-refractivity contribution in [3.8, 4) is 62.1 Å². The zero-order valence-corrected chi connectivity index (χ0v) is 30.7. The molecule has 0 saturated carbocycles. The van der Waals surface area contributed by atoms with E-state index in [0.717, 1.165) is 66.3 Å². The van der Waals surface area contributed by atoms with Crippen LogP contribution in [0.25, 0.3) is 104 Å². The summed E-state index contributed by atoms with van der Waals surface area (Å²) in [6.07, 6.45) is 0. The molecule has 0 spiro atoms. The average molecular weight is 737 g/mol. The topological polar surface area (TPSA) is 43.6 Å². The van der Waals surface area contributed by atoms with E-state index >= 15 is 0 Å². The molecular formula is C51H32N4S. The molecule has 3 heterocycles. The van der Waals surface area contributed by atoms with Crippen molar-refractivity contribution >= 4 is 53.3 Å². The third-order valence-electron chi connectivity index (χ3n) is 10.4. The Bertz CT molecular complexity index is 3470. The van der Waals surface area contributed by atoms with Crippen LogP contribution in [0.2, 0.25) is 0 Å². The van der Waals surface area contributed by atoms with Gasteiger partial charge in [0, 0.05) is 53.3 Å². The van der Waals surface area contributed by atoms with Crippen LogP contribution < -0.4 is 0 Å². The van der Waals surface area contributed by atoms with E-state index < -0.39 is 0 Å². The lowest BCUT2D eigenvalue weighted by Crippen LogP contribution is -2.01. The Labute approximate surface area is 333 Å². The molecule has 0 aliphatic heterocycles. The van der Waals surface area contributed by atoms with E-state index in [4.69, 9.17) is 20.4 Å². The highest BCUT2D eigenvalue weighted by Crippen LogP contribution is 2.40. The van der Waals surface area contributed by atoms with Gasteiger partial charge >= 0.3 is 0 Å². The lowest BCUT2D eigenvalue weighted by Gasteiger charge is -2.11. The number of thiophene rings is 1. The van der Waals surface area contributed by atoms with Crippen molar-refractivity contribution in [3.63, 3.8) is 0 Å². The van der Waals surface area contributed by atoms with Crippen LogP contribution in [-0.2, 0) is 0 Å². The number of rotatable bonds is 6. The zero-order valence-electron chi connectivity index (χ0n) is 33.9. The smallest absolute Gasteiger partial charge is 0.164 e. The van der Waals surface area contributed by atoms with Crippen LogP contribution in [0.5, 0.6) is 0 Å². The minimum Gasteiger partial charge on any atom is -0.309 e. The first-order chi connectivity index (χ1) is 29.4. The van der Waals surface area contributed by atoms with E-state index in [1.165, 1.54) is 9.40 Å². The third kappa shape index (κ3) is 5.48. The van der Waals surface area contributed by atoms with Crippen molar-refractivity contribution in [1.82, 2.24) is 19.5 Å². The molecule has 0 bridgehead atoms. The molecule has 4 nitrogen and oxygen atoms in total. The van der Waals surface area contributed by atoms with Gasteiger partial charge in [-0.25, -0.2) is 15.0 Å². The summed E-state index contributed by atoms with van der Waals surface area (Å²) in [6.45, 7) is 0. The second-order valence-electron chi connectivity index (χ2n) is 13.7. The maximum absolute atomic E-state index is 9.14. The van der Waals surface area contributed by atoms with Crippen LogP contribution in [0.3, 0.4) is 0 Å². The van der Waals surface area contributed by atoms with Gasteiger partial charge in [0.05, 0.1) is 16.5 Å². The molecule has 8 aromatic carbocycles. The summed E-state index contributed by atoms with van der Waals surface area (Å²) >= 11 is 1.76. The van der Waals surface area contributed by atoms with Gasteiger partial charge in [-0.2, -0.15) is 0 Å². The molecule has 11 rings (SSSR count). The number of para-hydroxylation sites is 1. The van der Waals surface area contributed by atoms with Crippen molar-refractivity contribution in [1.29, 1.82) is 0 Å². The van der Waals surface area contributed by atoms with Gasteiger partial charge in [0.25, 0.3) is 0 Å². The predicted octanol–water partition coefficient (Wildman–Crippen LogP) is 13.7. The van der Waals surface area contributed by atoms with Gasteiger partial charge in [-0.15, -0.1) is 11.3 Å². The van der Waals surface area contributed by atoms with Crippen LogP contribution in [-0.4, -0.2) is 19.5 Å². The van der Waals surface area contributed by atoms with E-state index in [1.54, 1.807) is 11.3 Å². The second kappa shape index (κ2) is 13.3. The molecule has 0 amide bonds. The van der Waals surface area contributed by atoms with Crippen molar-refractivity contribution in [2.75, 3.05) is 0 Å². The highest BCUT2D eigenvalue weighted by Gasteiger charge is 2.18. The fourth-order valence-electron chi connectivity index (χ4n) is 7.74. The second-order valence-corrected chi connectivity index (χ2v) is 14.8. The monoisotopic (exact) mass is 736 g/mol. The summed E-state index contributed by atoms with van der Waals surface area (Å²) < 4.78 is 39.8. The van der Waals surface area contributed by atoms with Crippen LogP contribution in [0.15, 0.2) is 194 Å². The number of hydrogen-bond donors (Lipinski definition) is 0. The first-order valence-electron chi connectivity index (χ1n) is 20.4. The van der Waals surface area contributed by atoms with E-state index in [0.29, 0.717) is 28.4 Å². The first kappa shape index (κ1) is 28.3. The number of benzene rings is 8. The summed E-state index contributed by atoms with van der Waals surface area (Å²) in [7, 11) is 0. The van der Waals surface area contributed by atoms with Crippen molar-refractivity contribution in [2.45, 2.75) is 0 Å². The van der Waals surface area contributed by atoms with Gasteiger partial charge < -0.3 is 4.57 Å². The highest BCUT2D eigenvalue weighted by molar-refractivity contribution is 7.25.